The van der Waals surface area contributed by atoms with Gasteiger partial charge in [-0.25, -0.2) is 9.78 Å². The van der Waals surface area contributed by atoms with Crippen molar-refractivity contribution in [3.63, 3.8) is 0 Å². The molecule has 0 bridgehead atoms. The van der Waals surface area contributed by atoms with Crippen LogP contribution >= 0.6 is 0 Å². The van der Waals surface area contributed by atoms with Crippen LogP contribution in [0.3, 0.4) is 0 Å². The van der Waals surface area contributed by atoms with E-state index in [9.17, 15) is 9.59 Å². The zero-order chi connectivity index (χ0) is 11.3. The first kappa shape index (κ1) is 11.2. The Labute approximate surface area is 87.1 Å². The van der Waals surface area contributed by atoms with E-state index in [1.165, 1.54) is 18.3 Å². The van der Waals surface area contributed by atoms with E-state index < -0.39 is 5.97 Å². The highest BCUT2D eigenvalue weighted by Crippen LogP contribution is 2.06. The number of nitrogens with zero attached hydrogens (tertiary/aromatic N) is 1. The molecule has 80 valence electrons. The molecule has 0 aromatic carbocycles. The minimum Gasteiger partial charge on any atom is -0.477 e. The highest BCUT2D eigenvalue weighted by molar-refractivity contribution is 5.91. The Morgan fingerprint density at radius 1 is 1.47 bits per heavy atom. The molecule has 5 heteroatoms. The highest BCUT2D eigenvalue weighted by atomic mass is 16.4. The average Bonchev–Trinajstić information content (AvgIpc) is 2.18. The molecule has 0 aliphatic rings. The van der Waals surface area contributed by atoms with Gasteiger partial charge in [0.05, 0.1) is 11.9 Å². The van der Waals surface area contributed by atoms with E-state index in [0.717, 1.165) is 6.42 Å². The van der Waals surface area contributed by atoms with Crippen molar-refractivity contribution in [2.45, 2.75) is 19.8 Å². The second-order valence-electron chi connectivity index (χ2n) is 3.04. The van der Waals surface area contributed by atoms with E-state index in [1.807, 2.05) is 6.92 Å². The van der Waals surface area contributed by atoms with E-state index >= 15 is 0 Å². The number of aromatic nitrogens is 1. The maximum Gasteiger partial charge on any atom is 0.354 e. The molecule has 0 saturated heterocycles. The summed E-state index contributed by atoms with van der Waals surface area (Å²) in [4.78, 5) is 25.3. The molecular formula is C10H12N2O3. The van der Waals surface area contributed by atoms with E-state index in [2.05, 4.69) is 10.3 Å². The summed E-state index contributed by atoms with van der Waals surface area (Å²) in [6.45, 7) is 1.91. The molecule has 0 spiro atoms. The van der Waals surface area contributed by atoms with Gasteiger partial charge in [0.15, 0.2) is 0 Å². The number of hydrogen-bond acceptors (Lipinski definition) is 3. The lowest BCUT2D eigenvalue weighted by Gasteiger charge is -2.03. The molecule has 1 aromatic rings. The molecule has 0 radical (unpaired) electrons. The molecule has 1 amide bonds. The van der Waals surface area contributed by atoms with Crippen molar-refractivity contribution >= 4 is 17.6 Å². The number of pyridine rings is 1. The summed E-state index contributed by atoms with van der Waals surface area (Å²) in [5.74, 6) is -1.18. The predicted molar refractivity (Wildman–Crippen MR) is 54.7 cm³/mol. The molecule has 2 N–H and O–H groups in total. The van der Waals surface area contributed by atoms with Crippen molar-refractivity contribution in [1.29, 1.82) is 0 Å². The van der Waals surface area contributed by atoms with Crippen LogP contribution in [0, 0.1) is 0 Å². The van der Waals surface area contributed by atoms with Crippen molar-refractivity contribution in [3.8, 4) is 0 Å². The van der Waals surface area contributed by atoms with Gasteiger partial charge < -0.3 is 10.4 Å². The van der Waals surface area contributed by atoms with Crippen molar-refractivity contribution in [2.24, 2.45) is 0 Å². The Kier molecular flexibility index (Phi) is 3.79. The molecule has 0 aliphatic heterocycles. The van der Waals surface area contributed by atoms with Crippen LogP contribution in [0.1, 0.15) is 30.3 Å². The molecule has 0 saturated carbocycles. The monoisotopic (exact) mass is 208 g/mol. The summed E-state index contributed by atoms with van der Waals surface area (Å²) in [5, 5.41) is 11.2. The second kappa shape index (κ2) is 5.09. The summed E-state index contributed by atoms with van der Waals surface area (Å²) in [6.07, 6.45) is 2.55. The predicted octanol–water partition coefficient (Wildman–Crippen LogP) is 1.52. The van der Waals surface area contributed by atoms with Crippen LogP contribution < -0.4 is 5.32 Å². The van der Waals surface area contributed by atoms with E-state index in [4.69, 9.17) is 5.11 Å². The van der Waals surface area contributed by atoms with Gasteiger partial charge in [-0.15, -0.1) is 0 Å². The van der Waals surface area contributed by atoms with Gasteiger partial charge in [-0.1, -0.05) is 6.92 Å². The first-order chi connectivity index (χ1) is 7.13. The zero-order valence-corrected chi connectivity index (χ0v) is 8.36. The van der Waals surface area contributed by atoms with E-state index in [1.54, 1.807) is 0 Å². The molecular weight excluding hydrogens is 196 g/mol. The summed E-state index contributed by atoms with van der Waals surface area (Å²) in [6, 6.07) is 2.87. The molecule has 1 rings (SSSR count). The first-order valence-electron chi connectivity index (χ1n) is 4.62. The van der Waals surface area contributed by atoms with Gasteiger partial charge in [0.1, 0.15) is 5.69 Å². The topological polar surface area (TPSA) is 79.3 Å². The van der Waals surface area contributed by atoms with Crippen LogP contribution in [-0.2, 0) is 4.79 Å². The minimum atomic E-state index is -1.08. The van der Waals surface area contributed by atoms with Crippen molar-refractivity contribution in [1.82, 2.24) is 4.98 Å². The molecule has 0 atom stereocenters. The van der Waals surface area contributed by atoms with Crippen LogP contribution in [0.2, 0.25) is 0 Å². The Balaban J connectivity index is 2.64. The zero-order valence-electron chi connectivity index (χ0n) is 8.36. The fraction of sp³-hybridized carbons (Fsp3) is 0.300. The van der Waals surface area contributed by atoms with E-state index in [0.29, 0.717) is 12.1 Å². The third-order valence-corrected chi connectivity index (χ3v) is 1.74. The molecule has 1 aromatic heterocycles. The number of carboxylic acids is 1. The number of carbonyl (C=O) groups is 2. The number of hydrogen-bond donors (Lipinski definition) is 2. The Morgan fingerprint density at radius 3 is 2.67 bits per heavy atom. The molecule has 5 nitrogen and oxygen atoms in total. The van der Waals surface area contributed by atoms with Gasteiger partial charge in [-0.2, -0.15) is 0 Å². The minimum absolute atomic E-state index is 0.0384. The summed E-state index contributed by atoms with van der Waals surface area (Å²) < 4.78 is 0. The van der Waals surface area contributed by atoms with Crippen LogP contribution in [-0.4, -0.2) is 22.0 Å². The van der Waals surface area contributed by atoms with Crippen molar-refractivity contribution < 1.29 is 14.7 Å². The fourth-order valence-electron chi connectivity index (χ4n) is 1.04. The first-order valence-corrected chi connectivity index (χ1v) is 4.62. The number of amides is 1. The van der Waals surface area contributed by atoms with Crippen molar-refractivity contribution in [2.75, 3.05) is 5.32 Å². The lowest BCUT2D eigenvalue weighted by Crippen LogP contribution is -2.11. The van der Waals surface area contributed by atoms with Gasteiger partial charge >= 0.3 is 5.97 Å². The number of nitrogens with one attached hydrogen (secondary N) is 1. The molecule has 0 fully saturated rings. The van der Waals surface area contributed by atoms with Crippen molar-refractivity contribution in [3.05, 3.63) is 24.0 Å². The summed E-state index contributed by atoms with van der Waals surface area (Å²) in [5.41, 5.74) is 0.474. The van der Waals surface area contributed by atoms with Gasteiger partial charge in [0, 0.05) is 6.42 Å². The third-order valence-electron chi connectivity index (χ3n) is 1.74. The Hall–Kier alpha value is -1.91. The molecule has 15 heavy (non-hydrogen) atoms. The number of carbonyl (C=O) groups excluding carboxylic acids is 1. The van der Waals surface area contributed by atoms with Gasteiger partial charge in [0.25, 0.3) is 0 Å². The molecule has 0 aliphatic carbocycles. The second-order valence-corrected chi connectivity index (χ2v) is 3.04. The number of carboxylic acid groups (broad SMARTS) is 1. The van der Waals surface area contributed by atoms with Gasteiger partial charge in [-0.05, 0) is 18.6 Å². The third kappa shape index (κ3) is 3.38. The summed E-state index contributed by atoms with van der Waals surface area (Å²) >= 11 is 0. The maximum atomic E-state index is 11.2. The quantitative estimate of drug-likeness (QED) is 0.786. The summed E-state index contributed by atoms with van der Waals surface area (Å²) in [7, 11) is 0. The standard InChI is InChI=1S/C10H12N2O3/c1-2-3-9(13)12-7-4-5-8(10(14)15)11-6-7/h4-6H,2-3H2,1H3,(H,12,13)(H,14,15). The normalized spacial score (nSPS) is 9.67. The maximum absolute atomic E-state index is 11.2. The highest BCUT2D eigenvalue weighted by Gasteiger charge is 2.05. The molecule has 0 unspecified atom stereocenters. The Morgan fingerprint density at radius 2 is 2.20 bits per heavy atom. The van der Waals surface area contributed by atoms with Gasteiger partial charge in [0.2, 0.25) is 5.91 Å². The van der Waals surface area contributed by atoms with Crippen LogP contribution in [0.15, 0.2) is 18.3 Å². The van der Waals surface area contributed by atoms with Crippen LogP contribution in [0.5, 0.6) is 0 Å². The Bertz CT molecular complexity index is 359. The van der Waals surface area contributed by atoms with Gasteiger partial charge in [-0.3, -0.25) is 4.79 Å². The lowest BCUT2D eigenvalue weighted by atomic mass is 10.3. The smallest absolute Gasteiger partial charge is 0.354 e. The SMILES string of the molecule is CCCC(=O)Nc1ccc(C(=O)O)nc1. The average molecular weight is 208 g/mol. The fourth-order valence-corrected chi connectivity index (χ4v) is 1.04. The van der Waals surface area contributed by atoms with Crippen LogP contribution in [0.4, 0.5) is 5.69 Å². The number of rotatable bonds is 4. The largest absolute Gasteiger partial charge is 0.477 e. The lowest BCUT2D eigenvalue weighted by molar-refractivity contribution is -0.116. The van der Waals surface area contributed by atoms with Crippen LogP contribution in [0.25, 0.3) is 0 Å². The number of aromatic carboxylic acids is 1. The van der Waals surface area contributed by atoms with E-state index in [-0.39, 0.29) is 11.6 Å². The molecule has 1 heterocycles. The number of anilines is 1.